The fourth-order valence-corrected chi connectivity index (χ4v) is 10.6. The predicted octanol–water partition coefficient (Wildman–Crippen LogP) is 15.6. The molecule has 0 aliphatic rings. The Morgan fingerprint density at radius 3 is 0.767 bits per heavy atom. The van der Waals surface area contributed by atoms with Gasteiger partial charge < -0.3 is 38.6 Å². The van der Waals surface area contributed by atoms with Gasteiger partial charge >= 0.3 is 6.16 Å². The van der Waals surface area contributed by atoms with Crippen LogP contribution < -0.4 is 18.9 Å². The lowest BCUT2D eigenvalue weighted by Gasteiger charge is -2.20. The van der Waals surface area contributed by atoms with Gasteiger partial charge in [0, 0.05) is 66.8 Å². The summed E-state index contributed by atoms with van der Waals surface area (Å²) in [5.41, 5.74) is 9.99. The third-order valence-electron chi connectivity index (χ3n) is 14.7. The summed E-state index contributed by atoms with van der Waals surface area (Å²) in [6.45, 7) is -0.560. The molecule has 0 radical (unpaired) electrons. The van der Waals surface area contributed by atoms with Crippen LogP contribution in [0.1, 0.15) is 44.5 Å². The van der Waals surface area contributed by atoms with Crippen LogP contribution in [0.15, 0.2) is 243 Å². The normalized spacial score (nSPS) is 10.6. The molecule has 436 valence electrons. The van der Waals surface area contributed by atoms with Gasteiger partial charge in [0.15, 0.2) is 0 Å². The van der Waals surface area contributed by atoms with Crippen LogP contribution in [0.4, 0.5) is 4.79 Å². The average molecular weight is 1180 g/mol. The number of fused-ring (bicyclic) bond motifs is 4. The van der Waals surface area contributed by atoms with Crippen LogP contribution in [-0.2, 0) is 9.47 Å². The van der Waals surface area contributed by atoms with E-state index in [1.165, 1.54) is 0 Å². The highest BCUT2D eigenvalue weighted by Crippen LogP contribution is 2.48. The molecule has 90 heavy (non-hydrogen) atoms. The van der Waals surface area contributed by atoms with Gasteiger partial charge in [-0.2, -0.15) is 0 Å². The smallest absolute Gasteiger partial charge is 0.491 e. The molecule has 9 nitrogen and oxygen atoms in total. The molecule has 12 rings (SSSR count). The number of carbonyl (C=O) groups excluding carboxylic acids is 1. The van der Waals surface area contributed by atoms with E-state index in [0.717, 1.165) is 110 Å². The molecule has 0 aliphatic carbocycles. The van der Waals surface area contributed by atoms with Gasteiger partial charge in [0.25, 0.3) is 0 Å². The Morgan fingerprint density at radius 2 is 0.511 bits per heavy atom. The largest absolute Gasteiger partial charge is 0.508 e. The third-order valence-corrected chi connectivity index (χ3v) is 14.7. The number of rotatable bonds is 16. The Hall–Kier alpha value is -11.7. The van der Waals surface area contributed by atoms with Crippen molar-refractivity contribution in [3.63, 3.8) is 0 Å². The zero-order valence-electron chi connectivity index (χ0n) is 49.0. The second-order valence-corrected chi connectivity index (χ2v) is 20.8. The van der Waals surface area contributed by atoms with E-state index in [-0.39, 0.29) is 52.9 Å². The van der Waals surface area contributed by atoms with Crippen molar-refractivity contribution in [1.29, 1.82) is 0 Å². The summed E-state index contributed by atoms with van der Waals surface area (Å²) >= 11 is 0. The molecule has 0 atom stereocenters. The van der Waals surface area contributed by atoms with Gasteiger partial charge in [-0.3, -0.25) is 0 Å². The molecule has 0 amide bonds. The zero-order valence-corrected chi connectivity index (χ0v) is 49.0. The fraction of sp³-hybridized carbons (Fsp3) is 0.0988. The molecule has 2 N–H and O–H groups in total. The Bertz CT molecular complexity index is 4540. The van der Waals surface area contributed by atoms with Crippen LogP contribution in [-0.4, -0.2) is 69.2 Å². The van der Waals surface area contributed by atoms with E-state index >= 15 is 0 Å². The quantitative estimate of drug-likeness (QED) is 0.0555. The molecule has 0 bridgehead atoms. The monoisotopic (exact) mass is 1170 g/mol. The first-order valence-electron chi connectivity index (χ1n) is 29.5. The third kappa shape index (κ3) is 14.2. The van der Waals surface area contributed by atoms with E-state index in [1.807, 2.05) is 243 Å². The maximum atomic E-state index is 13.4. The molecule has 0 saturated heterocycles. The maximum absolute atomic E-state index is 13.4. The van der Waals surface area contributed by atoms with Gasteiger partial charge in [-0.25, -0.2) is 4.79 Å². The molecule has 0 unspecified atom stereocenters. The molecule has 0 saturated carbocycles. The van der Waals surface area contributed by atoms with E-state index in [4.69, 9.17) is 28.4 Å². The highest BCUT2D eigenvalue weighted by Gasteiger charge is 2.22. The van der Waals surface area contributed by atoms with Crippen molar-refractivity contribution in [2.45, 2.75) is 0 Å². The van der Waals surface area contributed by atoms with Crippen molar-refractivity contribution >= 4 is 49.2 Å². The molecule has 0 fully saturated rings. The second kappa shape index (κ2) is 28.7. The van der Waals surface area contributed by atoms with Gasteiger partial charge in [-0.15, -0.1) is 0 Å². The van der Waals surface area contributed by atoms with Crippen LogP contribution in [0.5, 0.6) is 23.0 Å². The zero-order chi connectivity index (χ0) is 61.3. The van der Waals surface area contributed by atoms with E-state index in [9.17, 15) is 15.0 Å². The molecule has 12 aromatic rings. The summed E-state index contributed by atoms with van der Waals surface area (Å²) in [5, 5.41) is 27.1. The standard InChI is InChI=1S/C81H58O9/c82-45-47-85-73-41-33-65-53-61(25-21-57-13-5-1-6-14-57)29-37-69(65)77(73)79-71-39-31-63(27-23-59-17-9-3-10-18-59)55-67(71)35-43-75(79)87-49-51-89-81(84)90-52-50-88-76-44-36-68-56-64(28-24-60-19-11-4-12-20-60)32-40-72(68)80(76)78-70-38-30-62(26-22-58-15-7-2-8-16-58)54-66(70)34-42-74(78)86-48-46-83/h1-20,29-44,53-56,82-83H,45-52H2. The van der Waals surface area contributed by atoms with E-state index < -0.39 is 6.16 Å². The van der Waals surface area contributed by atoms with Crippen LogP contribution >= 0.6 is 0 Å². The van der Waals surface area contributed by atoms with Crippen molar-refractivity contribution < 1.29 is 43.4 Å². The lowest BCUT2D eigenvalue weighted by atomic mass is 9.91. The SMILES string of the molecule is O=C(OCCOc1ccc2cc(C#Cc3ccccc3)ccc2c1-c1c(OCCO)ccc2cc(C#Cc3ccccc3)ccc12)OCCOc1ccc2cc(C#Cc3ccccc3)ccc2c1-c1c(OCCO)ccc2cc(C#Cc3ccccc3)ccc12. The van der Waals surface area contributed by atoms with Crippen LogP contribution in [0.3, 0.4) is 0 Å². The summed E-state index contributed by atoms with van der Waals surface area (Å²) in [6.07, 6.45) is -0.896. The summed E-state index contributed by atoms with van der Waals surface area (Å²) in [6, 6.07) is 79.2. The second-order valence-electron chi connectivity index (χ2n) is 20.8. The molecule has 9 heteroatoms. The van der Waals surface area contributed by atoms with Gasteiger partial charge in [0.1, 0.15) is 62.6 Å². The van der Waals surface area contributed by atoms with E-state index in [1.54, 1.807) is 0 Å². The van der Waals surface area contributed by atoms with Gasteiger partial charge in [-0.05, 0) is 164 Å². The number of benzene rings is 12. The number of aliphatic hydroxyl groups excluding tert-OH is 2. The Morgan fingerprint density at radius 1 is 0.267 bits per heavy atom. The molecule has 12 aromatic carbocycles. The lowest BCUT2D eigenvalue weighted by Crippen LogP contribution is -2.17. The summed E-state index contributed by atoms with van der Waals surface area (Å²) in [5.74, 6) is 28.5. The number of hydrogen-bond acceptors (Lipinski definition) is 9. The topological polar surface area (TPSA) is 113 Å². The predicted molar refractivity (Wildman–Crippen MR) is 357 cm³/mol. The summed E-state index contributed by atoms with van der Waals surface area (Å²) < 4.78 is 37.0. The lowest BCUT2D eigenvalue weighted by molar-refractivity contribution is 0.0384. The van der Waals surface area contributed by atoms with Crippen molar-refractivity contribution in [2.75, 3.05) is 52.9 Å². The molecule has 0 aliphatic heterocycles. The van der Waals surface area contributed by atoms with Crippen molar-refractivity contribution in [2.24, 2.45) is 0 Å². The summed E-state index contributed by atoms with van der Waals surface area (Å²) in [4.78, 5) is 13.4. The fourth-order valence-electron chi connectivity index (χ4n) is 10.6. The maximum Gasteiger partial charge on any atom is 0.508 e. The minimum atomic E-state index is -0.896. The first-order valence-corrected chi connectivity index (χ1v) is 29.5. The Balaban J connectivity index is 0.798. The van der Waals surface area contributed by atoms with Crippen molar-refractivity contribution in [3.05, 3.63) is 287 Å². The molecule has 0 heterocycles. The van der Waals surface area contributed by atoms with Gasteiger partial charge in [0.2, 0.25) is 0 Å². The minimum absolute atomic E-state index is 0.0195. The van der Waals surface area contributed by atoms with Crippen molar-refractivity contribution in [3.8, 4) is 92.6 Å². The average Bonchev–Trinajstić information content (AvgIpc) is 0.788. The van der Waals surface area contributed by atoms with Crippen molar-refractivity contribution in [1.82, 2.24) is 0 Å². The van der Waals surface area contributed by atoms with E-state index in [2.05, 4.69) is 47.4 Å². The Labute approximate surface area is 522 Å². The number of carbonyl (C=O) groups is 1. The number of aliphatic hydroxyl groups is 2. The molecule has 0 aromatic heterocycles. The van der Waals surface area contributed by atoms with E-state index in [0.29, 0.717) is 23.0 Å². The van der Waals surface area contributed by atoms with Crippen LogP contribution in [0.25, 0.3) is 65.3 Å². The van der Waals surface area contributed by atoms with Crippen LogP contribution in [0.2, 0.25) is 0 Å². The first kappa shape index (κ1) is 58.7. The molecular weight excluding hydrogens is 1120 g/mol. The van der Waals surface area contributed by atoms with Crippen LogP contribution in [0, 0.1) is 47.4 Å². The molecule has 0 spiro atoms. The Kier molecular flexibility index (Phi) is 18.7. The number of hydrogen-bond donors (Lipinski definition) is 2. The minimum Gasteiger partial charge on any atom is -0.491 e. The van der Waals surface area contributed by atoms with Gasteiger partial charge in [0.05, 0.1) is 13.2 Å². The summed E-state index contributed by atoms with van der Waals surface area (Å²) in [7, 11) is 0. The van der Waals surface area contributed by atoms with Gasteiger partial charge in [-0.1, -0.05) is 169 Å². The number of ether oxygens (including phenoxy) is 6. The first-order chi connectivity index (χ1) is 44.4. The molecular formula is C81H58O9. The highest BCUT2D eigenvalue weighted by molar-refractivity contribution is 6.12. The highest BCUT2D eigenvalue weighted by atomic mass is 16.7.